The molecule has 3 aromatic heterocycles. The number of para-hydroxylation sites is 2. The van der Waals surface area contributed by atoms with E-state index in [1.54, 1.807) is 0 Å². The van der Waals surface area contributed by atoms with E-state index in [0.29, 0.717) is 0 Å². The zero-order chi connectivity index (χ0) is 58.5. The molecule has 0 N–H and O–H groups in total. The van der Waals surface area contributed by atoms with Crippen molar-refractivity contribution in [2.75, 3.05) is 0 Å². The molecule has 18 rings (SSSR count). The van der Waals surface area contributed by atoms with Crippen LogP contribution < -0.4 is 0 Å². The Morgan fingerprint density at radius 1 is 0.135 bits per heavy atom. The smallest absolute Gasteiger partial charge is 0.0541 e. The Kier molecular flexibility index (Phi) is 11.6. The Labute approximate surface area is 515 Å². The van der Waals surface area contributed by atoms with Crippen molar-refractivity contribution >= 4 is 87.0 Å². The molecular formula is C86H55N3. The molecule has 3 heterocycles. The average molecular weight is 1130 g/mol. The van der Waals surface area contributed by atoms with E-state index in [1.165, 1.54) is 143 Å². The van der Waals surface area contributed by atoms with E-state index in [-0.39, 0.29) is 0 Å². The SMILES string of the molecule is c1ccc(-c2ccc(-n3c4ccccc4c4cc(-c5ccc6c(c5)c5cc(-c7ccc8c(c7)c7ccccc7n8-c7ccc(-c8ccccc8)cc7)ccc5n6-c5ccc(-c6c7ccccc7c(-c7ccccc7)c7ccccc67)cc5)ccc43)cc2)cc1. The summed E-state index contributed by atoms with van der Waals surface area (Å²) in [5, 5.41) is 12.3. The molecule has 0 saturated heterocycles. The number of hydrogen-bond acceptors (Lipinski definition) is 0. The fourth-order valence-electron chi connectivity index (χ4n) is 14.5. The number of nitrogens with zero attached hydrogens (tertiary/aromatic N) is 3. The molecule has 3 nitrogen and oxygen atoms in total. The van der Waals surface area contributed by atoms with Crippen molar-refractivity contribution in [3.05, 3.63) is 334 Å². The lowest BCUT2D eigenvalue weighted by Crippen LogP contribution is -1.95. The predicted octanol–water partition coefficient (Wildman–Crippen LogP) is 23.3. The molecule has 89 heavy (non-hydrogen) atoms. The monoisotopic (exact) mass is 1130 g/mol. The van der Waals surface area contributed by atoms with Gasteiger partial charge in [-0.05, 0) is 185 Å². The molecule has 0 radical (unpaired) electrons. The van der Waals surface area contributed by atoms with Gasteiger partial charge >= 0.3 is 0 Å². The van der Waals surface area contributed by atoms with Gasteiger partial charge in [0.1, 0.15) is 0 Å². The standard InChI is InChI=1S/C86H55N3/c1-4-18-56(19-5-1)58-32-42-66(43-33-58)87-79-30-16-14-24-69(79)75-52-62(38-48-81(75)87)64-40-50-83-77(54-64)78-55-65(63-39-49-82-76(53-63)70-25-15-17-31-80(70)88(82)67-44-34-59(35-45-67)57-20-6-2-7-21-57)41-51-84(78)89(83)68-46-36-61(37-47-68)86-73-28-12-10-26-71(73)85(60-22-8-3-9-23-60)72-27-11-13-29-74(72)86/h1-55H. The number of fused-ring (bicyclic) bond motifs is 11. The third-order valence-corrected chi connectivity index (χ3v) is 18.7. The van der Waals surface area contributed by atoms with Crippen LogP contribution in [0.1, 0.15) is 0 Å². The molecule has 0 atom stereocenters. The van der Waals surface area contributed by atoms with E-state index in [0.717, 1.165) is 28.1 Å². The zero-order valence-corrected chi connectivity index (χ0v) is 48.6. The highest BCUT2D eigenvalue weighted by Gasteiger charge is 2.21. The average Bonchev–Trinajstić information content (AvgIpc) is 1.83. The molecular weight excluding hydrogens is 1070 g/mol. The van der Waals surface area contributed by atoms with E-state index >= 15 is 0 Å². The van der Waals surface area contributed by atoms with Gasteiger partial charge in [-0.25, -0.2) is 0 Å². The fourth-order valence-corrected chi connectivity index (χ4v) is 14.5. The summed E-state index contributed by atoms with van der Waals surface area (Å²) in [5.41, 5.74) is 24.9. The van der Waals surface area contributed by atoms with Crippen LogP contribution in [-0.2, 0) is 0 Å². The zero-order valence-electron chi connectivity index (χ0n) is 48.6. The molecule has 414 valence electrons. The topological polar surface area (TPSA) is 14.8 Å². The van der Waals surface area contributed by atoms with Gasteiger partial charge in [-0.15, -0.1) is 0 Å². The van der Waals surface area contributed by atoms with E-state index in [4.69, 9.17) is 0 Å². The molecule has 0 aliphatic heterocycles. The Morgan fingerprint density at radius 3 is 0.674 bits per heavy atom. The summed E-state index contributed by atoms with van der Waals surface area (Å²) in [6, 6.07) is 123. The molecule has 18 aromatic rings. The van der Waals surface area contributed by atoms with Crippen molar-refractivity contribution in [3.8, 4) is 83.8 Å². The molecule has 0 spiro atoms. The second-order valence-corrected chi connectivity index (χ2v) is 23.5. The summed E-state index contributed by atoms with van der Waals surface area (Å²) in [4.78, 5) is 0. The van der Waals surface area contributed by atoms with Crippen LogP contribution in [0.3, 0.4) is 0 Å². The van der Waals surface area contributed by atoms with Gasteiger partial charge in [0.05, 0.1) is 33.1 Å². The van der Waals surface area contributed by atoms with Crippen molar-refractivity contribution in [2.45, 2.75) is 0 Å². The van der Waals surface area contributed by atoms with Crippen molar-refractivity contribution in [1.82, 2.24) is 13.7 Å². The van der Waals surface area contributed by atoms with Gasteiger partial charge in [-0.3, -0.25) is 0 Å². The number of aromatic nitrogens is 3. The molecule has 3 heteroatoms. The normalized spacial score (nSPS) is 11.8. The van der Waals surface area contributed by atoms with Crippen molar-refractivity contribution in [2.24, 2.45) is 0 Å². The maximum atomic E-state index is 2.47. The van der Waals surface area contributed by atoms with Crippen molar-refractivity contribution in [1.29, 1.82) is 0 Å². The van der Waals surface area contributed by atoms with Gasteiger partial charge in [0.15, 0.2) is 0 Å². The van der Waals surface area contributed by atoms with Gasteiger partial charge in [-0.1, -0.05) is 237 Å². The van der Waals surface area contributed by atoms with Crippen LogP contribution in [0.5, 0.6) is 0 Å². The summed E-state index contributed by atoms with van der Waals surface area (Å²) >= 11 is 0. The molecule has 0 aliphatic rings. The van der Waals surface area contributed by atoms with E-state index in [2.05, 4.69) is 347 Å². The van der Waals surface area contributed by atoms with Crippen LogP contribution in [-0.4, -0.2) is 13.7 Å². The van der Waals surface area contributed by atoms with Crippen molar-refractivity contribution < 1.29 is 0 Å². The lowest BCUT2D eigenvalue weighted by atomic mass is 9.86. The Bertz CT molecular complexity index is 5480. The van der Waals surface area contributed by atoms with Crippen LogP contribution in [0, 0.1) is 0 Å². The molecule has 0 aliphatic carbocycles. The summed E-state index contributed by atoms with van der Waals surface area (Å²) in [6.45, 7) is 0. The lowest BCUT2D eigenvalue weighted by Gasteiger charge is -2.18. The summed E-state index contributed by atoms with van der Waals surface area (Å²) in [7, 11) is 0. The first-order valence-corrected chi connectivity index (χ1v) is 30.7. The maximum absolute atomic E-state index is 2.47. The van der Waals surface area contributed by atoms with E-state index in [1.807, 2.05) is 0 Å². The predicted molar refractivity (Wildman–Crippen MR) is 377 cm³/mol. The van der Waals surface area contributed by atoms with Gasteiger partial charge in [0.2, 0.25) is 0 Å². The maximum Gasteiger partial charge on any atom is 0.0541 e. The van der Waals surface area contributed by atoms with Gasteiger partial charge in [0, 0.05) is 49.4 Å². The molecule has 0 bridgehead atoms. The Hall–Kier alpha value is -11.8. The summed E-state index contributed by atoms with van der Waals surface area (Å²) < 4.78 is 7.29. The second kappa shape index (κ2) is 20.4. The van der Waals surface area contributed by atoms with E-state index in [9.17, 15) is 0 Å². The van der Waals surface area contributed by atoms with Gasteiger partial charge in [0.25, 0.3) is 0 Å². The first kappa shape index (κ1) is 50.5. The third kappa shape index (κ3) is 8.20. The quantitative estimate of drug-likeness (QED) is 0.128. The lowest BCUT2D eigenvalue weighted by molar-refractivity contribution is 1.18. The number of hydrogen-bond donors (Lipinski definition) is 0. The van der Waals surface area contributed by atoms with Crippen LogP contribution in [0.2, 0.25) is 0 Å². The van der Waals surface area contributed by atoms with Crippen LogP contribution in [0.15, 0.2) is 334 Å². The Balaban J connectivity index is 0.790. The molecule has 0 unspecified atom stereocenters. The second-order valence-electron chi connectivity index (χ2n) is 23.5. The first-order chi connectivity index (χ1) is 44.1. The molecule has 0 saturated carbocycles. The summed E-state index contributed by atoms with van der Waals surface area (Å²) in [5.74, 6) is 0. The molecule has 15 aromatic carbocycles. The number of benzene rings is 15. The minimum Gasteiger partial charge on any atom is -0.309 e. The number of rotatable bonds is 9. The van der Waals surface area contributed by atoms with E-state index < -0.39 is 0 Å². The fraction of sp³-hybridized carbons (Fsp3) is 0. The highest BCUT2D eigenvalue weighted by atomic mass is 15.0. The Morgan fingerprint density at radius 2 is 0.348 bits per heavy atom. The van der Waals surface area contributed by atoms with Crippen LogP contribution in [0.25, 0.3) is 171 Å². The van der Waals surface area contributed by atoms with Gasteiger partial charge in [-0.2, -0.15) is 0 Å². The minimum atomic E-state index is 1.11. The minimum absolute atomic E-state index is 1.11. The molecule has 0 amide bonds. The third-order valence-electron chi connectivity index (χ3n) is 18.7. The molecule has 0 fully saturated rings. The largest absolute Gasteiger partial charge is 0.309 e. The van der Waals surface area contributed by atoms with Gasteiger partial charge < -0.3 is 13.7 Å². The summed E-state index contributed by atoms with van der Waals surface area (Å²) in [6.07, 6.45) is 0. The highest BCUT2D eigenvalue weighted by molar-refractivity contribution is 6.22. The van der Waals surface area contributed by atoms with Crippen LogP contribution >= 0.6 is 0 Å². The van der Waals surface area contributed by atoms with Crippen molar-refractivity contribution in [3.63, 3.8) is 0 Å². The first-order valence-electron chi connectivity index (χ1n) is 30.7. The highest BCUT2D eigenvalue weighted by Crippen LogP contribution is 2.46. The van der Waals surface area contributed by atoms with Crippen LogP contribution in [0.4, 0.5) is 0 Å².